The van der Waals surface area contributed by atoms with Crippen molar-refractivity contribution in [3.63, 3.8) is 0 Å². The molecule has 1 amide bonds. The Hall–Kier alpha value is -1.08. The first kappa shape index (κ1) is 15.3. The molecule has 1 aromatic heterocycles. The number of aryl methyl sites for hydroxylation is 1. The van der Waals surface area contributed by atoms with E-state index in [1.807, 2.05) is 12.3 Å². The van der Waals surface area contributed by atoms with E-state index in [2.05, 4.69) is 4.98 Å². The maximum Gasteiger partial charge on any atom is 0.326 e. The van der Waals surface area contributed by atoms with E-state index in [4.69, 9.17) is 5.11 Å². The van der Waals surface area contributed by atoms with Crippen LogP contribution in [0.2, 0.25) is 0 Å². The molecule has 0 spiro atoms. The molecule has 0 aromatic carbocycles. The topological polar surface area (TPSA) is 70.5 Å². The lowest BCUT2D eigenvalue weighted by Crippen LogP contribution is -2.48. The summed E-state index contributed by atoms with van der Waals surface area (Å²) in [5, 5.41) is 12.2. The number of rotatable bonds is 5. The Labute approximate surface area is 126 Å². The number of hydrogen-bond acceptors (Lipinski definition) is 5. The van der Waals surface area contributed by atoms with Gasteiger partial charge in [0.1, 0.15) is 6.04 Å². The quantitative estimate of drug-likeness (QED) is 0.902. The summed E-state index contributed by atoms with van der Waals surface area (Å²) < 4.78 is 0. The molecule has 1 aliphatic heterocycles. The molecule has 1 N–H and O–H groups in total. The van der Waals surface area contributed by atoms with Crippen LogP contribution in [0.1, 0.15) is 30.0 Å². The monoisotopic (exact) mass is 314 g/mol. The third-order valence-corrected chi connectivity index (χ3v) is 5.02. The lowest BCUT2D eigenvalue weighted by atomic mass is 10.0. The molecule has 2 heterocycles. The summed E-state index contributed by atoms with van der Waals surface area (Å²) in [5.41, 5.74) is 0.985. The molecule has 1 aromatic rings. The van der Waals surface area contributed by atoms with E-state index in [0.717, 1.165) is 23.5 Å². The normalized spacial score (nSPS) is 19.1. The van der Waals surface area contributed by atoms with Gasteiger partial charge in [-0.05, 0) is 26.2 Å². The van der Waals surface area contributed by atoms with Crippen LogP contribution in [-0.4, -0.2) is 45.2 Å². The molecule has 0 unspecified atom stereocenters. The van der Waals surface area contributed by atoms with Crippen LogP contribution in [0.5, 0.6) is 0 Å². The number of likely N-dealkylation sites (tertiary alicyclic amines) is 1. The number of thiazole rings is 1. The van der Waals surface area contributed by atoms with Crippen molar-refractivity contribution in [3.8, 4) is 0 Å². The molecule has 2 rings (SSSR count). The molecule has 20 heavy (non-hydrogen) atoms. The number of thioether (sulfide) groups is 1. The van der Waals surface area contributed by atoms with Crippen molar-refractivity contribution in [2.45, 2.75) is 38.0 Å². The van der Waals surface area contributed by atoms with Crippen molar-refractivity contribution in [1.82, 2.24) is 9.88 Å². The standard InChI is InChI=1S/C13H18N2O3S2/c1-9-14-10(7-20-9)6-19-8-12(16)15-5-3-2-4-11(15)13(17)18/h7,11H,2-6,8H2,1H3,(H,17,18)/t11-/m1/s1. The molecule has 110 valence electrons. The number of nitrogens with zero attached hydrogens (tertiary/aromatic N) is 2. The number of piperidine rings is 1. The number of carbonyl (C=O) groups is 2. The number of aromatic nitrogens is 1. The van der Waals surface area contributed by atoms with Gasteiger partial charge in [-0.2, -0.15) is 0 Å². The number of aliphatic carboxylic acids is 1. The largest absolute Gasteiger partial charge is 0.480 e. The fourth-order valence-corrected chi connectivity index (χ4v) is 3.80. The maximum absolute atomic E-state index is 12.1. The average molecular weight is 314 g/mol. The minimum Gasteiger partial charge on any atom is -0.480 e. The number of carboxylic acid groups (broad SMARTS) is 1. The van der Waals surface area contributed by atoms with E-state index in [1.54, 1.807) is 11.3 Å². The Morgan fingerprint density at radius 1 is 1.55 bits per heavy atom. The minimum absolute atomic E-state index is 0.0750. The third kappa shape index (κ3) is 3.96. The summed E-state index contributed by atoms with van der Waals surface area (Å²) in [6.07, 6.45) is 2.34. The second kappa shape index (κ2) is 7.08. The molecule has 1 saturated heterocycles. The Bertz CT molecular complexity index is 490. The van der Waals surface area contributed by atoms with E-state index in [-0.39, 0.29) is 5.91 Å². The van der Waals surface area contributed by atoms with Gasteiger partial charge in [0.15, 0.2) is 0 Å². The lowest BCUT2D eigenvalue weighted by Gasteiger charge is -2.32. The predicted molar refractivity (Wildman–Crippen MR) is 80.0 cm³/mol. The Morgan fingerprint density at radius 2 is 2.35 bits per heavy atom. The highest BCUT2D eigenvalue weighted by molar-refractivity contribution is 7.99. The first-order valence-corrected chi connectivity index (χ1v) is 8.62. The fourth-order valence-electron chi connectivity index (χ4n) is 2.29. The number of carboxylic acids is 1. The van der Waals surface area contributed by atoms with Crippen LogP contribution in [0, 0.1) is 6.92 Å². The zero-order valence-corrected chi connectivity index (χ0v) is 13.0. The van der Waals surface area contributed by atoms with Crippen molar-refractivity contribution < 1.29 is 14.7 Å². The summed E-state index contributed by atoms with van der Waals surface area (Å²) in [5.74, 6) is 0.0504. The average Bonchev–Trinajstić information content (AvgIpc) is 2.84. The Kier molecular flexibility index (Phi) is 5.42. The van der Waals surface area contributed by atoms with Crippen LogP contribution < -0.4 is 0 Å². The zero-order chi connectivity index (χ0) is 14.5. The summed E-state index contributed by atoms with van der Waals surface area (Å²) in [7, 11) is 0. The predicted octanol–water partition coefficient (Wildman–Crippen LogP) is 2.15. The second-order valence-electron chi connectivity index (χ2n) is 4.79. The number of amides is 1. The summed E-state index contributed by atoms with van der Waals surface area (Å²) in [4.78, 5) is 29.2. The zero-order valence-electron chi connectivity index (χ0n) is 11.4. The molecule has 0 radical (unpaired) electrons. The molecular formula is C13H18N2O3S2. The lowest BCUT2D eigenvalue weighted by molar-refractivity contribution is -0.150. The van der Waals surface area contributed by atoms with E-state index >= 15 is 0 Å². The van der Waals surface area contributed by atoms with Gasteiger partial charge in [0.25, 0.3) is 0 Å². The van der Waals surface area contributed by atoms with Crippen LogP contribution in [0.25, 0.3) is 0 Å². The Balaban J connectivity index is 1.82. The molecule has 1 aliphatic rings. The van der Waals surface area contributed by atoms with Crippen molar-refractivity contribution in [3.05, 3.63) is 16.1 Å². The Morgan fingerprint density at radius 3 is 3.00 bits per heavy atom. The van der Waals surface area contributed by atoms with Crippen LogP contribution in [-0.2, 0) is 15.3 Å². The first-order chi connectivity index (χ1) is 9.58. The van der Waals surface area contributed by atoms with Gasteiger partial charge in [0.05, 0.1) is 16.5 Å². The first-order valence-electron chi connectivity index (χ1n) is 6.59. The molecule has 1 fully saturated rings. The van der Waals surface area contributed by atoms with Crippen LogP contribution in [0.3, 0.4) is 0 Å². The number of carbonyl (C=O) groups excluding carboxylic acids is 1. The van der Waals surface area contributed by atoms with Gasteiger partial charge in [-0.25, -0.2) is 9.78 Å². The van der Waals surface area contributed by atoms with Gasteiger partial charge in [-0.1, -0.05) is 0 Å². The van der Waals surface area contributed by atoms with Crippen molar-refractivity contribution in [2.75, 3.05) is 12.3 Å². The minimum atomic E-state index is -0.891. The molecule has 0 aliphatic carbocycles. The van der Waals surface area contributed by atoms with E-state index in [1.165, 1.54) is 16.7 Å². The molecule has 5 nitrogen and oxygen atoms in total. The van der Waals surface area contributed by atoms with E-state index in [9.17, 15) is 9.59 Å². The van der Waals surface area contributed by atoms with Gasteiger partial charge in [0.2, 0.25) is 5.91 Å². The van der Waals surface area contributed by atoms with Crippen molar-refractivity contribution in [2.24, 2.45) is 0 Å². The van der Waals surface area contributed by atoms with Gasteiger partial charge in [-0.3, -0.25) is 4.79 Å². The van der Waals surface area contributed by atoms with E-state index < -0.39 is 12.0 Å². The van der Waals surface area contributed by atoms with Crippen LogP contribution in [0.4, 0.5) is 0 Å². The smallest absolute Gasteiger partial charge is 0.326 e. The maximum atomic E-state index is 12.1. The summed E-state index contributed by atoms with van der Waals surface area (Å²) in [6, 6.07) is -0.640. The summed E-state index contributed by atoms with van der Waals surface area (Å²) >= 11 is 3.09. The van der Waals surface area contributed by atoms with Gasteiger partial charge in [0, 0.05) is 17.7 Å². The second-order valence-corrected chi connectivity index (χ2v) is 6.84. The molecule has 0 saturated carbocycles. The molecule has 1 atom stereocenters. The SMILES string of the molecule is Cc1nc(CSCC(=O)N2CCCC[C@@H]2C(=O)O)cs1. The molecular weight excluding hydrogens is 296 g/mol. The van der Waals surface area contributed by atoms with Gasteiger partial charge < -0.3 is 10.0 Å². The van der Waals surface area contributed by atoms with Crippen molar-refractivity contribution >= 4 is 35.0 Å². The van der Waals surface area contributed by atoms with Gasteiger partial charge in [-0.15, -0.1) is 23.1 Å². The highest BCUT2D eigenvalue weighted by atomic mass is 32.2. The highest BCUT2D eigenvalue weighted by Gasteiger charge is 2.31. The van der Waals surface area contributed by atoms with Gasteiger partial charge >= 0.3 is 5.97 Å². The highest BCUT2D eigenvalue weighted by Crippen LogP contribution is 2.20. The van der Waals surface area contributed by atoms with Crippen LogP contribution in [0.15, 0.2) is 5.38 Å². The number of hydrogen-bond donors (Lipinski definition) is 1. The molecule has 7 heteroatoms. The fraction of sp³-hybridized carbons (Fsp3) is 0.615. The third-order valence-electron chi connectivity index (χ3n) is 3.25. The van der Waals surface area contributed by atoms with Crippen LogP contribution >= 0.6 is 23.1 Å². The summed E-state index contributed by atoms with van der Waals surface area (Å²) in [6.45, 7) is 2.52. The van der Waals surface area contributed by atoms with E-state index in [0.29, 0.717) is 24.5 Å². The van der Waals surface area contributed by atoms with Crippen molar-refractivity contribution in [1.29, 1.82) is 0 Å². The molecule has 0 bridgehead atoms.